The molecule has 6 rings (SSSR count). The summed E-state index contributed by atoms with van der Waals surface area (Å²) >= 11 is 1.46. The molecule has 3 aromatic rings. The summed E-state index contributed by atoms with van der Waals surface area (Å²) in [5, 5.41) is 22.5. The molecule has 5 atom stereocenters. The van der Waals surface area contributed by atoms with Gasteiger partial charge >= 0.3 is 12.1 Å². The summed E-state index contributed by atoms with van der Waals surface area (Å²) in [5.74, 6) is -1.45. The fourth-order valence-electron chi connectivity index (χ4n) is 7.01. The van der Waals surface area contributed by atoms with E-state index in [4.69, 9.17) is 24.2 Å². The molecule has 2 fully saturated rings. The zero-order chi connectivity index (χ0) is 38.8. The molecule has 3 amide bonds. The Bertz CT molecular complexity index is 1920. The highest BCUT2D eigenvalue weighted by atomic mass is 32.1. The third-order valence-corrected chi connectivity index (χ3v) is 10.5. The third kappa shape index (κ3) is 8.88. The molecule has 0 spiro atoms. The number of methoxy groups -OCH3 is 1. The summed E-state index contributed by atoms with van der Waals surface area (Å²) in [6, 6.07) is 5.41. The number of anilines is 1. The minimum Gasteiger partial charge on any atom is -0.497 e. The first-order valence-electron chi connectivity index (χ1n) is 18.6. The zero-order valence-corrected chi connectivity index (χ0v) is 32.5. The minimum absolute atomic E-state index is 0.0152. The number of carbonyl (C=O) groups is 4. The van der Waals surface area contributed by atoms with Gasteiger partial charge in [-0.05, 0) is 72.4 Å². The van der Waals surface area contributed by atoms with Crippen LogP contribution < -0.4 is 25.4 Å². The Morgan fingerprint density at radius 3 is 2.63 bits per heavy atom. The molecule has 14 nitrogen and oxygen atoms in total. The molecule has 1 saturated carbocycles. The number of hydrogen-bond donors (Lipinski definition) is 4. The standard InChI is InChI=1S/C39H50N6O8S/c1-22(2)40-36-42-30(21-54-36)29-18-32(26-15-14-24(51-6)16-28(26)41-29)52-25-17-31-33(46)44-39(35(48)49)19-23(39)12-10-8-7-9-11-13-27(34(47)45(31)20-25)43-37(50)53-38(3,4)5/h10,12,14-16,18,21-23,25,27,31H,7-9,11,13,17,19-20H2,1-6H3,(H,40,42)(H,43,50)(H,44,46)(H,48,49)/t23?,25-,27+,31+,39-/m1/s1. The van der Waals surface area contributed by atoms with Crippen molar-refractivity contribution in [3.05, 3.63) is 41.8 Å². The number of alkyl carbamates (subject to hydrolysis) is 1. The first-order chi connectivity index (χ1) is 25.7. The number of amides is 3. The molecule has 0 radical (unpaired) electrons. The van der Waals surface area contributed by atoms with Crippen molar-refractivity contribution in [1.82, 2.24) is 25.5 Å². The number of hydrogen-bond acceptors (Lipinski definition) is 11. The van der Waals surface area contributed by atoms with E-state index in [-0.39, 0.29) is 31.3 Å². The van der Waals surface area contributed by atoms with Crippen molar-refractivity contribution in [3.8, 4) is 22.9 Å². The van der Waals surface area contributed by atoms with Crippen LogP contribution in [-0.4, -0.2) is 92.9 Å². The maximum atomic E-state index is 14.5. The van der Waals surface area contributed by atoms with Crippen LogP contribution in [0.4, 0.5) is 9.93 Å². The Labute approximate surface area is 319 Å². The number of benzene rings is 1. The number of carboxylic acid groups (broad SMARTS) is 1. The Hall–Kier alpha value is -4.92. The Morgan fingerprint density at radius 1 is 1.11 bits per heavy atom. The smallest absolute Gasteiger partial charge is 0.408 e. The van der Waals surface area contributed by atoms with Crippen molar-refractivity contribution in [2.45, 2.75) is 115 Å². The number of nitrogens with one attached hydrogen (secondary N) is 3. The van der Waals surface area contributed by atoms with E-state index in [1.807, 2.05) is 37.4 Å². The van der Waals surface area contributed by atoms with Gasteiger partial charge in [-0.1, -0.05) is 25.0 Å². The topological polar surface area (TPSA) is 181 Å². The predicted octanol–water partition coefficient (Wildman–Crippen LogP) is 5.91. The Morgan fingerprint density at radius 2 is 1.91 bits per heavy atom. The van der Waals surface area contributed by atoms with Crippen LogP contribution in [0.1, 0.15) is 79.6 Å². The summed E-state index contributed by atoms with van der Waals surface area (Å²) in [6.07, 6.45) is 6.11. The van der Waals surface area contributed by atoms with E-state index in [0.29, 0.717) is 46.6 Å². The molecule has 15 heteroatoms. The maximum absolute atomic E-state index is 14.5. The lowest BCUT2D eigenvalue weighted by Gasteiger charge is -2.30. The highest BCUT2D eigenvalue weighted by Gasteiger charge is 2.61. The second-order valence-corrected chi connectivity index (χ2v) is 16.4. The monoisotopic (exact) mass is 762 g/mol. The molecule has 290 valence electrons. The van der Waals surface area contributed by atoms with E-state index in [1.54, 1.807) is 46.1 Å². The number of ether oxygens (including phenoxy) is 3. The SMILES string of the molecule is COc1ccc2c(O[C@@H]3C[C@H]4C(=O)N[C@]5(C(=O)O)CC5C=CCCCCC[C@H](NC(=O)OC(C)(C)C)C(=O)N4C3)cc(-c3csc(NC(C)C)n3)nc2c1. The summed E-state index contributed by atoms with van der Waals surface area (Å²) in [7, 11) is 1.58. The number of fused-ring (bicyclic) bond motifs is 3. The molecular formula is C39H50N6O8S. The molecule has 2 aromatic heterocycles. The Balaban J connectivity index is 1.34. The lowest BCUT2D eigenvalue weighted by Crippen LogP contribution is -2.56. The summed E-state index contributed by atoms with van der Waals surface area (Å²) in [6.45, 7) is 9.30. The summed E-state index contributed by atoms with van der Waals surface area (Å²) in [5.41, 5.74) is -0.427. The highest BCUT2D eigenvalue weighted by molar-refractivity contribution is 7.14. The van der Waals surface area contributed by atoms with Crippen molar-refractivity contribution in [3.63, 3.8) is 0 Å². The number of nitrogens with zero attached hydrogens (tertiary/aromatic N) is 3. The van der Waals surface area contributed by atoms with Gasteiger partial charge in [0.2, 0.25) is 11.8 Å². The van der Waals surface area contributed by atoms with Crippen LogP contribution in [0.15, 0.2) is 41.8 Å². The average molecular weight is 763 g/mol. The zero-order valence-electron chi connectivity index (χ0n) is 31.6. The molecule has 4 N–H and O–H groups in total. The van der Waals surface area contributed by atoms with Gasteiger partial charge in [0.15, 0.2) is 5.13 Å². The van der Waals surface area contributed by atoms with Crippen LogP contribution >= 0.6 is 11.3 Å². The van der Waals surface area contributed by atoms with Crippen LogP contribution in [0.2, 0.25) is 0 Å². The van der Waals surface area contributed by atoms with Gasteiger partial charge < -0.3 is 40.2 Å². The largest absolute Gasteiger partial charge is 0.497 e. The van der Waals surface area contributed by atoms with E-state index < -0.39 is 53.2 Å². The number of pyridine rings is 1. The number of carboxylic acids is 1. The number of aromatic nitrogens is 2. The van der Waals surface area contributed by atoms with Crippen LogP contribution in [0.3, 0.4) is 0 Å². The van der Waals surface area contributed by atoms with Gasteiger partial charge in [0.1, 0.15) is 46.5 Å². The Kier molecular flexibility index (Phi) is 11.4. The molecular weight excluding hydrogens is 713 g/mol. The van der Waals surface area contributed by atoms with Crippen molar-refractivity contribution in [1.29, 1.82) is 0 Å². The van der Waals surface area contributed by atoms with Crippen molar-refractivity contribution in [2.75, 3.05) is 19.0 Å². The lowest BCUT2D eigenvalue weighted by atomic mass is 10.0. The van der Waals surface area contributed by atoms with Crippen molar-refractivity contribution >= 4 is 51.2 Å². The maximum Gasteiger partial charge on any atom is 0.408 e. The fourth-order valence-corrected chi connectivity index (χ4v) is 7.86. The molecule has 1 aliphatic carbocycles. The molecule has 1 unspecified atom stereocenters. The van der Waals surface area contributed by atoms with Crippen LogP contribution in [-0.2, 0) is 19.1 Å². The molecule has 1 aromatic carbocycles. The normalized spacial score (nSPS) is 24.8. The van der Waals surface area contributed by atoms with Crippen LogP contribution in [0.5, 0.6) is 11.5 Å². The number of carbonyl (C=O) groups excluding carboxylic acids is 3. The molecule has 1 saturated heterocycles. The first-order valence-corrected chi connectivity index (χ1v) is 19.4. The van der Waals surface area contributed by atoms with Gasteiger partial charge in [0.25, 0.3) is 0 Å². The van der Waals surface area contributed by atoms with Crippen molar-refractivity contribution in [2.24, 2.45) is 5.92 Å². The molecule has 4 heterocycles. The van der Waals surface area contributed by atoms with Crippen LogP contribution in [0, 0.1) is 5.92 Å². The van der Waals surface area contributed by atoms with Gasteiger partial charge in [0, 0.05) is 41.3 Å². The number of rotatable bonds is 8. The van der Waals surface area contributed by atoms with Gasteiger partial charge in [0.05, 0.1) is 24.9 Å². The summed E-state index contributed by atoms with van der Waals surface area (Å²) < 4.78 is 17.7. The van der Waals surface area contributed by atoms with E-state index in [1.165, 1.54) is 16.2 Å². The minimum atomic E-state index is -1.46. The first kappa shape index (κ1) is 38.8. The van der Waals surface area contributed by atoms with Gasteiger partial charge in [-0.25, -0.2) is 19.6 Å². The van der Waals surface area contributed by atoms with E-state index in [9.17, 15) is 24.3 Å². The van der Waals surface area contributed by atoms with Gasteiger partial charge in [-0.3, -0.25) is 9.59 Å². The van der Waals surface area contributed by atoms with E-state index in [2.05, 4.69) is 16.0 Å². The van der Waals surface area contributed by atoms with Gasteiger partial charge in [-0.15, -0.1) is 11.3 Å². The molecule has 0 bridgehead atoms. The average Bonchev–Trinajstić information content (AvgIpc) is 3.38. The van der Waals surface area contributed by atoms with Crippen molar-refractivity contribution < 1.29 is 38.5 Å². The van der Waals surface area contributed by atoms with E-state index in [0.717, 1.165) is 24.4 Å². The second-order valence-electron chi connectivity index (χ2n) is 15.5. The second kappa shape index (κ2) is 15.8. The number of thiazole rings is 1. The number of allylic oxidation sites excluding steroid dienone is 1. The molecule has 54 heavy (non-hydrogen) atoms. The summed E-state index contributed by atoms with van der Waals surface area (Å²) in [4.78, 5) is 65.2. The van der Waals surface area contributed by atoms with Gasteiger partial charge in [-0.2, -0.15) is 0 Å². The van der Waals surface area contributed by atoms with Crippen LogP contribution in [0.25, 0.3) is 22.3 Å². The molecule has 2 aliphatic heterocycles. The molecule has 3 aliphatic rings. The number of aliphatic carboxylic acids is 1. The third-order valence-electron chi connectivity index (χ3n) is 9.76. The van der Waals surface area contributed by atoms with E-state index >= 15 is 0 Å². The lowest BCUT2D eigenvalue weighted by molar-refractivity contribution is -0.145. The predicted molar refractivity (Wildman–Crippen MR) is 205 cm³/mol. The fraction of sp³-hybridized carbons (Fsp3) is 0.538. The highest BCUT2D eigenvalue weighted by Crippen LogP contribution is 2.45. The quantitative estimate of drug-likeness (QED) is 0.200.